The number of amides is 1. The molecule has 0 spiro atoms. The predicted octanol–water partition coefficient (Wildman–Crippen LogP) is 1.12. The normalized spacial score (nSPS) is 16.4. The second kappa shape index (κ2) is 2.38. The molecule has 0 aliphatic heterocycles. The van der Waals surface area contributed by atoms with Crippen LogP contribution in [0.3, 0.4) is 0 Å². The second-order valence-electron chi connectivity index (χ2n) is 2.61. The quantitative estimate of drug-likeness (QED) is 0.660. The first kappa shape index (κ1) is 6.39. The first-order valence-corrected chi connectivity index (χ1v) is 3.56. The fourth-order valence-corrected chi connectivity index (χ4v) is 0.969. The van der Waals surface area contributed by atoms with Crippen LogP contribution in [0.5, 0.6) is 0 Å². The molecule has 1 N–H and O–H groups in total. The van der Waals surface area contributed by atoms with Crippen LogP contribution in [0, 0.1) is 0 Å². The van der Waals surface area contributed by atoms with E-state index in [-0.39, 0.29) is 0 Å². The minimum absolute atomic E-state index is 0.293. The summed E-state index contributed by atoms with van der Waals surface area (Å²) in [6.07, 6.45) is 4.53. The third-order valence-corrected chi connectivity index (χ3v) is 1.70. The minimum Gasteiger partial charge on any atom is -0.432 e. The van der Waals surface area contributed by atoms with Crippen molar-refractivity contribution in [2.45, 2.75) is 18.8 Å². The largest absolute Gasteiger partial charge is 0.432 e. The van der Waals surface area contributed by atoms with Crippen molar-refractivity contribution in [1.82, 2.24) is 4.98 Å². The Kier molecular flexibility index (Phi) is 1.38. The van der Waals surface area contributed by atoms with E-state index in [0.717, 1.165) is 5.69 Å². The smallest absolute Gasteiger partial charge is 0.301 e. The summed E-state index contributed by atoms with van der Waals surface area (Å²) in [6, 6.07) is 0.293. The number of anilines is 1. The van der Waals surface area contributed by atoms with Gasteiger partial charge >= 0.3 is 6.01 Å². The molecule has 4 heteroatoms. The maximum atomic E-state index is 9.96. The van der Waals surface area contributed by atoms with Crippen LogP contribution >= 0.6 is 0 Å². The van der Waals surface area contributed by atoms with E-state index in [4.69, 9.17) is 4.42 Å². The summed E-state index contributed by atoms with van der Waals surface area (Å²) in [5.41, 5.74) is 0.953. The summed E-state index contributed by atoms with van der Waals surface area (Å²) in [7, 11) is 0. The summed E-state index contributed by atoms with van der Waals surface area (Å²) >= 11 is 0. The summed E-state index contributed by atoms with van der Waals surface area (Å²) in [4.78, 5) is 14.0. The van der Waals surface area contributed by atoms with Gasteiger partial charge in [-0.2, -0.15) is 4.98 Å². The summed E-state index contributed by atoms with van der Waals surface area (Å²) in [5, 5.41) is 2.35. The first-order valence-electron chi connectivity index (χ1n) is 3.56. The molecule has 0 radical (unpaired) electrons. The number of carbonyl (C=O) groups excluding carboxylic acids is 1. The lowest BCUT2D eigenvalue weighted by atomic mass is 10.3. The van der Waals surface area contributed by atoms with E-state index < -0.39 is 0 Å². The monoisotopic (exact) mass is 152 g/mol. The van der Waals surface area contributed by atoms with Crippen LogP contribution in [0.1, 0.15) is 24.5 Å². The number of aromatic nitrogens is 1. The average Bonchev–Trinajstić information content (AvgIpc) is 2.75. The number of nitrogens with one attached hydrogen (secondary N) is 1. The molecule has 4 nitrogen and oxygen atoms in total. The van der Waals surface area contributed by atoms with E-state index in [2.05, 4.69) is 10.3 Å². The Hall–Kier alpha value is -1.32. The Balaban J connectivity index is 2.11. The van der Waals surface area contributed by atoms with Crippen molar-refractivity contribution >= 4 is 12.4 Å². The Labute approximate surface area is 63.6 Å². The van der Waals surface area contributed by atoms with Crippen molar-refractivity contribution in [3.05, 3.63) is 12.0 Å². The average molecular weight is 152 g/mol. The standard InChI is InChI=1S/C7H8N2O2/c10-4-8-7-9-6(3-11-7)5-1-2-5/h3-5H,1-2H2,(H,8,9,10). The number of oxazole rings is 1. The molecule has 1 amide bonds. The number of rotatable bonds is 3. The lowest BCUT2D eigenvalue weighted by Crippen LogP contribution is -1.93. The van der Waals surface area contributed by atoms with Crippen molar-refractivity contribution in [3.8, 4) is 0 Å². The van der Waals surface area contributed by atoms with E-state index in [1.54, 1.807) is 6.26 Å². The number of hydrogen-bond acceptors (Lipinski definition) is 3. The van der Waals surface area contributed by atoms with Crippen LogP contribution < -0.4 is 5.32 Å². The van der Waals surface area contributed by atoms with Crippen LogP contribution in [0.2, 0.25) is 0 Å². The first-order chi connectivity index (χ1) is 5.40. The van der Waals surface area contributed by atoms with Gasteiger partial charge in [0.25, 0.3) is 0 Å². The molecule has 1 aromatic heterocycles. The highest BCUT2D eigenvalue weighted by Gasteiger charge is 2.26. The predicted molar refractivity (Wildman–Crippen MR) is 38.2 cm³/mol. The van der Waals surface area contributed by atoms with E-state index in [1.165, 1.54) is 12.8 Å². The van der Waals surface area contributed by atoms with Gasteiger partial charge in [0.05, 0.1) is 5.69 Å². The van der Waals surface area contributed by atoms with Gasteiger partial charge in [0.2, 0.25) is 6.41 Å². The molecule has 0 bridgehead atoms. The van der Waals surface area contributed by atoms with Crippen LogP contribution in [0.4, 0.5) is 6.01 Å². The lowest BCUT2D eigenvalue weighted by molar-refractivity contribution is -0.105. The molecule has 0 atom stereocenters. The maximum absolute atomic E-state index is 9.96. The van der Waals surface area contributed by atoms with Crippen molar-refractivity contribution in [2.75, 3.05) is 5.32 Å². The maximum Gasteiger partial charge on any atom is 0.301 e. The van der Waals surface area contributed by atoms with Gasteiger partial charge in [-0.25, -0.2) is 0 Å². The van der Waals surface area contributed by atoms with Gasteiger partial charge in [0.15, 0.2) is 0 Å². The highest BCUT2D eigenvalue weighted by molar-refractivity contribution is 5.65. The number of carbonyl (C=O) groups is 1. The lowest BCUT2D eigenvalue weighted by Gasteiger charge is -1.84. The second-order valence-corrected chi connectivity index (χ2v) is 2.61. The zero-order chi connectivity index (χ0) is 7.68. The summed E-state index contributed by atoms with van der Waals surface area (Å²) in [5.74, 6) is 0.570. The van der Waals surface area contributed by atoms with E-state index >= 15 is 0 Å². The van der Waals surface area contributed by atoms with Gasteiger partial charge in [-0.1, -0.05) is 0 Å². The topological polar surface area (TPSA) is 55.1 Å². The van der Waals surface area contributed by atoms with Crippen molar-refractivity contribution in [2.24, 2.45) is 0 Å². The Bertz CT molecular complexity index is 265. The SMILES string of the molecule is O=CNc1nc(C2CC2)co1. The van der Waals surface area contributed by atoms with Crippen LogP contribution in [0.25, 0.3) is 0 Å². The van der Waals surface area contributed by atoms with E-state index in [0.29, 0.717) is 18.3 Å². The molecule has 58 valence electrons. The molecule has 0 aromatic carbocycles. The highest BCUT2D eigenvalue weighted by atomic mass is 16.4. The van der Waals surface area contributed by atoms with Crippen molar-refractivity contribution in [3.63, 3.8) is 0 Å². The fourth-order valence-electron chi connectivity index (χ4n) is 0.969. The molecule has 1 heterocycles. The van der Waals surface area contributed by atoms with Crippen molar-refractivity contribution in [1.29, 1.82) is 0 Å². The van der Waals surface area contributed by atoms with Gasteiger partial charge < -0.3 is 4.42 Å². The van der Waals surface area contributed by atoms with Gasteiger partial charge in [-0.15, -0.1) is 0 Å². The van der Waals surface area contributed by atoms with Crippen LogP contribution in [-0.2, 0) is 4.79 Å². The highest BCUT2D eigenvalue weighted by Crippen LogP contribution is 2.39. The van der Waals surface area contributed by atoms with Gasteiger partial charge in [-0.05, 0) is 12.8 Å². The Morgan fingerprint density at radius 2 is 2.55 bits per heavy atom. The van der Waals surface area contributed by atoms with E-state index in [9.17, 15) is 4.79 Å². The molecule has 0 saturated heterocycles. The molecular formula is C7H8N2O2. The molecule has 2 rings (SSSR count). The van der Waals surface area contributed by atoms with Gasteiger partial charge in [0, 0.05) is 5.92 Å². The van der Waals surface area contributed by atoms with Crippen molar-refractivity contribution < 1.29 is 9.21 Å². The van der Waals surface area contributed by atoms with Gasteiger partial charge in [0.1, 0.15) is 6.26 Å². The van der Waals surface area contributed by atoms with Crippen LogP contribution in [0.15, 0.2) is 10.7 Å². The van der Waals surface area contributed by atoms with E-state index in [1.807, 2.05) is 0 Å². The summed E-state index contributed by atoms with van der Waals surface area (Å²) in [6.45, 7) is 0. The zero-order valence-corrected chi connectivity index (χ0v) is 5.91. The van der Waals surface area contributed by atoms with Crippen LogP contribution in [-0.4, -0.2) is 11.4 Å². The molecular weight excluding hydrogens is 144 g/mol. The Morgan fingerprint density at radius 1 is 1.73 bits per heavy atom. The third-order valence-electron chi connectivity index (χ3n) is 1.70. The zero-order valence-electron chi connectivity index (χ0n) is 5.91. The minimum atomic E-state index is 0.293. The van der Waals surface area contributed by atoms with Gasteiger partial charge in [-0.3, -0.25) is 10.1 Å². The molecule has 1 saturated carbocycles. The Morgan fingerprint density at radius 3 is 3.18 bits per heavy atom. The molecule has 1 aliphatic carbocycles. The number of nitrogens with zero attached hydrogens (tertiary/aromatic N) is 1. The third kappa shape index (κ3) is 1.24. The summed E-state index contributed by atoms with van der Waals surface area (Å²) < 4.78 is 4.95. The number of hydrogen-bond donors (Lipinski definition) is 1. The molecule has 1 aliphatic rings. The molecule has 0 unspecified atom stereocenters. The fraction of sp³-hybridized carbons (Fsp3) is 0.429. The molecule has 1 fully saturated rings. The molecule has 1 aromatic rings. The molecule has 11 heavy (non-hydrogen) atoms.